The summed E-state index contributed by atoms with van der Waals surface area (Å²) in [6, 6.07) is 12.9. The zero-order chi connectivity index (χ0) is 18.9. The van der Waals surface area contributed by atoms with Gasteiger partial charge < -0.3 is 10.8 Å². The zero-order valence-corrected chi connectivity index (χ0v) is 15.6. The second-order valence-corrected chi connectivity index (χ2v) is 7.34. The van der Waals surface area contributed by atoms with Crippen molar-refractivity contribution in [2.24, 2.45) is 5.73 Å². The lowest BCUT2D eigenvalue weighted by atomic mass is 10.0. The minimum absolute atomic E-state index is 0.122. The van der Waals surface area contributed by atoms with Crippen LogP contribution in [0.15, 0.2) is 42.5 Å². The maximum atomic E-state index is 12.1. The van der Waals surface area contributed by atoms with Gasteiger partial charge in [0.2, 0.25) is 5.91 Å². The summed E-state index contributed by atoms with van der Waals surface area (Å²) in [5, 5.41) is 12.0. The Morgan fingerprint density at radius 1 is 1.15 bits per heavy atom. The van der Waals surface area contributed by atoms with E-state index in [0.29, 0.717) is 6.42 Å². The molecule has 2 amide bonds. The van der Waals surface area contributed by atoms with Gasteiger partial charge in [-0.3, -0.25) is 20.4 Å². The van der Waals surface area contributed by atoms with Crippen LogP contribution in [0.5, 0.6) is 0 Å². The monoisotopic (exact) mass is 375 g/mol. The Morgan fingerprint density at radius 3 is 2.65 bits per heavy atom. The number of nitrogens with two attached hydrogens (primary N) is 1. The van der Waals surface area contributed by atoms with E-state index in [9.17, 15) is 14.7 Å². The number of hydrazine groups is 1. The molecule has 0 spiro atoms. The fourth-order valence-electron chi connectivity index (χ4n) is 2.59. The van der Waals surface area contributed by atoms with E-state index in [4.69, 9.17) is 5.73 Å². The molecule has 2 aromatic carbocycles. The number of amides is 2. The highest BCUT2D eigenvalue weighted by Crippen LogP contribution is 2.18. The maximum Gasteiger partial charge on any atom is 0.268 e. The predicted molar refractivity (Wildman–Crippen MR) is 106 cm³/mol. The Hall–Kier alpha value is -2.09. The molecule has 0 aliphatic rings. The molecule has 0 fully saturated rings. The Morgan fingerprint density at radius 2 is 1.88 bits per heavy atom. The summed E-state index contributed by atoms with van der Waals surface area (Å²) in [5.41, 5.74) is 11.3. The summed E-state index contributed by atoms with van der Waals surface area (Å²) in [7, 11) is 0. The van der Waals surface area contributed by atoms with Crippen LogP contribution < -0.4 is 16.6 Å². The predicted octanol–water partition coefficient (Wildman–Crippen LogP) is 1.36. The van der Waals surface area contributed by atoms with Gasteiger partial charge in [-0.15, -0.1) is 0 Å². The number of aliphatic hydroxyl groups is 1. The lowest BCUT2D eigenvalue weighted by molar-refractivity contribution is -0.134. The summed E-state index contributed by atoms with van der Waals surface area (Å²) < 4.78 is 0. The molecule has 0 heterocycles. The zero-order valence-electron chi connectivity index (χ0n) is 14.8. The van der Waals surface area contributed by atoms with Crippen LogP contribution in [-0.4, -0.2) is 40.6 Å². The van der Waals surface area contributed by atoms with Crippen LogP contribution in [0.25, 0.3) is 10.8 Å². The topological polar surface area (TPSA) is 104 Å². The average Bonchev–Trinajstić information content (AvgIpc) is 2.66. The molecule has 0 bridgehead atoms. The minimum atomic E-state index is -1.36. The van der Waals surface area contributed by atoms with Crippen molar-refractivity contribution < 1.29 is 14.7 Å². The number of carbonyl (C=O) groups excluding carboxylic acids is 2. The van der Waals surface area contributed by atoms with Crippen LogP contribution in [0, 0.1) is 0 Å². The average molecular weight is 375 g/mol. The van der Waals surface area contributed by atoms with Crippen molar-refractivity contribution in [3.63, 3.8) is 0 Å². The van der Waals surface area contributed by atoms with Crippen LogP contribution >= 0.6 is 11.8 Å². The minimum Gasteiger partial charge on any atom is -0.382 e. The molecular weight excluding hydrogens is 350 g/mol. The number of hydrogen-bond donors (Lipinski definition) is 4. The number of fused-ring (bicyclic) bond motifs is 1. The van der Waals surface area contributed by atoms with E-state index >= 15 is 0 Å². The van der Waals surface area contributed by atoms with Crippen molar-refractivity contribution in [3.8, 4) is 0 Å². The summed E-state index contributed by atoms with van der Waals surface area (Å²) in [6.45, 7) is 2.03. The van der Waals surface area contributed by atoms with Crippen LogP contribution in [-0.2, 0) is 16.0 Å². The lowest BCUT2D eigenvalue weighted by Crippen LogP contribution is -2.52. The number of rotatable bonds is 8. The van der Waals surface area contributed by atoms with Crippen LogP contribution in [0.4, 0.5) is 0 Å². The van der Waals surface area contributed by atoms with Gasteiger partial charge in [-0.1, -0.05) is 49.4 Å². The van der Waals surface area contributed by atoms with Crippen molar-refractivity contribution in [1.29, 1.82) is 0 Å². The molecule has 2 aromatic rings. The molecule has 2 atom stereocenters. The lowest BCUT2D eigenvalue weighted by Gasteiger charge is -2.18. The highest BCUT2D eigenvalue weighted by molar-refractivity contribution is 7.99. The second kappa shape index (κ2) is 10.2. The quantitative estimate of drug-likeness (QED) is 0.412. The van der Waals surface area contributed by atoms with Gasteiger partial charge in [0, 0.05) is 6.04 Å². The fraction of sp³-hybridized carbons (Fsp3) is 0.368. The van der Waals surface area contributed by atoms with Gasteiger partial charge in [0.15, 0.2) is 0 Å². The molecule has 0 saturated carbocycles. The highest BCUT2D eigenvalue weighted by Gasteiger charge is 2.23. The van der Waals surface area contributed by atoms with Gasteiger partial charge in [-0.25, -0.2) is 0 Å². The molecule has 7 heteroatoms. The second-order valence-electron chi connectivity index (χ2n) is 5.95. The smallest absolute Gasteiger partial charge is 0.268 e. The first-order valence-electron chi connectivity index (χ1n) is 8.59. The third-order valence-corrected chi connectivity index (χ3v) is 4.96. The van der Waals surface area contributed by atoms with Crippen LogP contribution in [0.3, 0.4) is 0 Å². The fourth-order valence-corrected chi connectivity index (χ4v) is 3.31. The molecule has 5 N–H and O–H groups in total. The molecule has 2 unspecified atom stereocenters. The standard InChI is InChI=1S/C19H25N3O3S/c1-2-26-11-10-16(20)18(24)19(25)22-21-17(23)12-14-8-5-7-13-6-3-4-9-15(13)14/h3-9,16,18,24H,2,10-12,20H2,1H3,(H,21,23)(H,22,25). The molecule has 26 heavy (non-hydrogen) atoms. The van der Waals surface area contributed by atoms with E-state index in [1.807, 2.05) is 49.4 Å². The summed E-state index contributed by atoms with van der Waals surface area (Å²) in [5.74, 6) is 0.664. The molecule has 6 nitrogen and oxygen atoms in total. The SMILES string of the molecule is CCSCCC(N)C(O)C(=O)NNC(=O)Cc1cccc2ccccc12. The first kappa shape index (κ1) is 20.2. The first-order chi connectivity index (χ1) is 12.5. The first-order valence-corrected chi connectivity index (χ1v) is 9.75. The van der Waals surface area contributed by atoms with Gasteiger partial charge in [0.25, 0.3) is 5.91 Å². The van der Waals surface area contributed by atoms with Crippen molar-refractivity contribution >= 4 is 34.3 Å². The molecule has 0 aliphatic carbocycles. The summed E-state index contributed by atoms with van der Waals surface area (Å²) >= 11 is 1.69. The van der Waals surface area contributed by atoms with E-state index in [1.165, 1.54) is 0 Å². The summed E-state index contributed by atoms with van der Waals surface area (Å²) in [6.07, 6.45) is -0.709. The molecular formula is C19H25N3O3S. The molecule has 2 rings (SSSR count). The number of thioether (sulfide) groups is 1. The van der Waals surface area contributed by atoms with E-state index in [1.54, 1.807) is 11.8 Å². The number of nitrogens with one attached hydrogen (secondary N) is 2. The largest absolute Gasteiger partial charge is 0.382 e. The third kappa shape index (κ3) is 5.72. The molecule has 0 radical (unpaired) electrons. The number of carbonyl (C=O) groups is 2. The maximum absolute atomic E-state index is 12.1. The third-order valence-electron chi connectivity index (χ3n) is 4.03. The molecule has 140 valence electrons. The normalized spacial score (nSPS) is 13.2. The van der Waals surface area contributed by atoms with Crippen molar-refractivity contribution in [3.05, 3.63) is 48.0 Å². The number of benzene rings is 2. The summed E-state index contributed by atoms with van der Waals surface area (Å²) in [4.78, 5) is 24.0. The molecule has 0 saturated heterocycles. The van der Waals surface area contributed by atoms with Crippen LogP contribution in [0.2, 0.25) is 0 Å². The van der Waals surface area contributed by atoms with E-state index in [0.717, 1.165) is 27.8 Å². The Labute approximate surface area is 157 Å². The van der Waals surface area contributed by atoms with Gasteiger partial charge >= 0.3 is 0 Å². The Bertz CT molecular complexity index is 748. The number of hydrogen-bond acceptors (Lipinski definition) is 5. The van der Waals surface area contributed by atoms with Crippen molar-refractivity contribution in [2.75, 3.05) is 11.5 Å². The van der Waals surface area contributed by atoms with Gasteiger partial charge in [0.1, 0.15) is 6.10 Å². The number of aliphatic hydroxyl groups excluding tert-OH is 1. The van der Waals surface area contributed by atoms with Gasteiger partial charge in [-0.2, -0.15) is 11.8 Å². The van der Waals surface area contributed by atoms with Crippen molar-refractivity contribution in [1.82, 2.24) is 10.9 Å². The molecule has 0 aromatic heterocycles. The van der Waals surface area contributed by atoms with E-state index in [2.05, 4.69) is 10.9 Å². The molecule has 0 aliphatic heterocycles. The van der Waals surface area contributed by atoms with Crippen molar-refractivity contribution in [2.45, 2.75) is 31.9 Å². The van der Waals surface area contributed by atoms with Crippen LogP contribution in [0.1, 0.15) is 18.9 Å². The highest BCUT2D eigenvalue weighted by atomic mass is 32.2. The van der Waals surface area contributed by atoms with Gasteiger partial charge in [0.05, 0.1) is 6.42 Å². The Kier molecular flexibility index (Phi) is 7.90. The van der Waals surface area contributed by atoms with E-state index < -0.39 is 18.1 Å². The van der Waals surface area contributed by atoms with E-state index in [-0.39, 0.29) is 12.3 Å². The van der Waals surface area contributed by atoms with Gasteiger partial charge in [-0.05, 0) is 34.3 Å². The Balaban J connectivity index is 1.85.